The Kier molecular flexibility index (Phi) is 1.62. The molecule has 0 saturated carbocycles. The van der Waals surface area contributed by atoms with Crippen LogP contribution in [0.15, 0.2) is 24.3 Å². The molecule has 1 saturated heterocycles. The van der Waals surface area contributed by atoms with Gasteiger partial charge in [-0.1, -0.05) is 12.1 Å². The molecule has 0 bridgehead atoms. The first-order valence-corrected chi connectivity index (χ1v) is 5.42. The number of ether oxygens (including phenoxy) is 1. The van der Waals surface area contributed by atoms with Gasteiger partial charge in [0.25, 0.3) is 0 Å². The van der Waals surface area contributed by atoms with Gasteiger partial charge in [0.15, 0.2) is 11.4 Å². The molecule has 1 aromatic carbocycles. The Morgan fingerprint density at radius 3 is 3.07 bits per heavy atom. The van der Waals surface area contributed by atoms with Crippen molar-refractivity contribution in [3.05, 3.63) is 24.3 Å². The van der Waals surface area contributed by atoms with E-state index in [0.29, 0.717) is 6.23 Å². The fraction of sp³-hybridized carbons (Fsp3) is 0.500. The largest absolute Gasteiger partial charge is 0.436 e. The zero-order chi connectivity index (χ0) is 9.60. The van der Waals surface area contributed by atoms with Gasteiger partial charge in [0.1, 0.15) is 0 Å². The van der Waals surface area contributed by atoms with Crippen molar-refractivity contribution in [2.75, 3.05) is 13.6 Å². The highest BCUT2D eigenvalue weighted by atomic mass is 16.5. The Hall–Kier alpha value is -1.02. The summed E-state index contributed by atoms with van der Waals surface area (Å²) in [6, 6.07) is 8.48. The molecule has 2 unspecified atom stereocenters. The lowest BCUT2D eigenvalue weighted by atomic mass is 10.1. The van der Waals surface area contributed by atoms with Crippen molar-refractivity contribution < 1.29 is 4.74 Å². The molecule has 0 amide bonds. The third kappa shape index (κ3) is 0.947. The van der Waals surface area contributed by atoms with Crippen LogP contribution in [0.1, 0.15) is 19.3 Å². The number of para-hydroxylation sites is 2. The van der Waals surface area contributed by atoms with Crippen molar-refractivity contribution in [2.24, 2.45) is 0 Å². The molecule has 2 atom stereocenters. The van der Waals surface area contributed by atoms with Crippen molar-refractivity contribution in [2.45, 2.75) is 25.5 Å². The van der Waals surface area contributed by atoms with Crippen LogP contribution in [0.3, 0.4) is 0 Å². The Morgan fingerprint density at radius 1 is 1.29 bits per heavy atom. The Bertz CT molecular complexity index is 363. The summed E-state index contributed by atoms with van der Waals surface area (Å²) in [4.78, 5) is 0. The molecular weight excluding hydrogens is 174 g/mol. The lowest BCUT2D eigenvalue weighted by Gasteiger charge is -2.37. The molecule has 2 aliphatic rings. The molecule has 0 aliphatic carbocycles. The molecule has 2 aliphatic heterocycles. The molecule has 1 fully saturated rings. The van der Waals surface area contributed by atoms with Gasteiger partial charge in [-0.25, -0.2) is 0 Å². The van der Waals surface area contributed by atoms with Gasteiger partial charge in [-0.15, -0.1) is 0 Å². The zero-order valence-corrected chi connectivity index (χ0v) is 8.57. The smallest absolute Gasteiger partial charge is 0.238 e. The van der Waals surface area contributed by atoms with Crippen molar-refractivity contribution in [1.29, 1.82) is 0 Å². The molecule has 74 valence electrons. The van der Waals surface area contributed by atoms with E-state index in [1.807, 2.05) is 0 Å². The van der Waals surface area contributed by atoms with Crippen LogP contribution in [0.25, 0.3) is 0 Å². The summed E-state index contributed by atoms with van der Waals surface area (Å²) < 4.78 is 6.98. The highest BCUT2D eigenvalue weighted by Crippen LogP contribution is 2.44. The number of piperidine rings is 1. The van der Waals surface area contributed by atoms with Crippen LogP contribution in [-0.2, 0) is 0 Å². The maximum atomic E-state index is 5.99. The highest BCUT2D eigenvalue weighted by molar-refractivity contribution is 5.58. The van der Waals surface area contributed by atoms with E-state index in [0.717, 1.165) is 10.2 Å². The normalized spacial score (nSPS) is 34.5. The van der Waals surface area contributed by atoms with E-state index in [4.69, 9.17) is 4.74 Å². The Labute approximate surface area is 84.7 Å². The van der Waals surface area contributed by atoms with E-state index in [9.17, 15) is 0 Å². The Balaban J connectivity index is 2.10. The summed E-state index contributed by atoms with van der Waals surface area (Å²) >= 11 is 0. The van der Waals surface area contributed by atoms with E-state index in [1.165, 1.54) is 31.5 Å². The van der Waals surface area contributed by atoms with Gasteiger partial charge < -0.3 is 4.74 Å². The quantitative estimate of drug-likeness (QED) is 0.571. The first-order chi connectivity index (χ1) is 6.81. The molecule has 14 heavy (non-hydrogen) atoms. The fourth-order valence-corrected chi connectivity index (χ4v) is 2.76. The third-order valence-corrected chi connectivity index (χ3v) is 3.64. The van der Waals surface area contributed by atoms with E-state index in [-0.39, 0.29) is 0 Å². The van der Waals surface area contributed by atoms with Gasteiger partial charge in [-0.2, -0.15) is 0 Å². The lowest BCUT2D eigenvalue weighted by molar-refractivity contribution is 0.0534. The predicted molar refractivity (Wildman–Crippen MR) is 57.3 cm³/mol. The molecule has 3 rings (SSSR count). The standard InChI is InChI=1S/C12H16NO/c1-13-9-5-4-8-12(13)14-11-7-3-2-6-10(11)13/h2-3,6-7,12H,4-5,8-9H2,1H3/q+1. The topological polar surface area (TPSA) is 9.23 Å². The number of nitrogens with zero attached hydrogens (tertiary/aromatic N) is 1. The second-order valence-electron chi connectivity index (χ2n) is 4.53. The monoisotopic (exact) mass is 190 g/mol. The molecule has 0 N–H and O–H groups in total. The van der Waals surface area contributed by atoms with Crippen molar-refractivity contribution in [3.63, 3.8) is 0 Å². The summed E-state index contributed by atoms with van der Waals surface area (Å²) in [6.45, 7) is 1.22. The lowest BCUT2D eigenvalue weighted by Crippen LogP contribution is -2.55. The highest BCUT2D eigenvalue weighted by Gasteiger charge is 2.46. The molecule has 0 radical (unpaired) electrons. The van der Waals surface area contributed by atoms with E-state index >= 15 is 0 Å². The van der Waals surface area contributed by atoms with Crippen LogP contribution in [0, 0.1) is 0 Å². The second kappa shape index (κ2) is 2.74. The van der Waals surface area contributed by atoms with Gasteiger partial charge in [-0.3, -0.25) is 4.48 Å². The summed E-state index contributed by atoms with van der Waals surface area (Å²) in [5.41, 5.74) is 1.37. The SMILES string of the molecule is C[N+]12CCCCC1Oc1ccccc12. The number of rotatable bonds is 0. The predicted octanol–water partition coefficient (Wildman–Crippen LogP) is 2.53. The van der Waals surface area contributed by atoms with Crippen LogP contribution in [0.5, 0.6) is 5.75 Å². The van der Waals surface area contributed by atoms with Gasteiger partial charge in [0.05, 0.1) is 13.6 Å². The molecular formula is C12H16NO+. The maximum absolute atomic E-state index is 5.99. The fourth-order valence-electron chi connectivity index (χ4n) is 2.76. The first kappa shape index (κ1) is 8.30. The van der Waals surface area contributed by atoms with Gasteiger partial charge >= 0.3 is 0 Å². The van der Waals surface area contributed by atoms with Gasteiger partial charge in [-0.05, 0) is 18.9 Å². The Morgan fingerprint density at radius 2 is 2.14 bits per heavy atom. The summed E-state index contributed by atoms with van der Waals surface area (Å²) in [5.74, 6) is 1.10. The number of fused-ring (bicyclic) bond motifs is 3. The minimum Gasteiger partial charge on any atom is -0.436 e. The van der Waals surface area contributed by atoms with Gasteiger partial charge in [0, 0.05) is 12.5 Å². The minimum atomic E-state index is 0.376. The molecule has 2 heteroatoms. The van der Waals surface area contributed by atoms with E-state index in [2.05, 4.69) is 31.3 Å². The number of hydrogen-bond donors (Lipinski definition) is 0. The average molecular weight is 190 g/mol. The minimum absolute atomic E-state index is 0.376. The van der Waals surface area contributed by atoms with Crippen molar-refractivity contribution in [1.82, 2.24) is 4.48 Å². The van der Waals surface area contributed by atoms with Crippen molar-refractivity contribution >= 4 is 5.69 Å². The molecule has 0 aromatic heterocycles. The molecule has 2 nitrogen and oxygen atoms in total. The molecule has 1 aromatic rings. The summed E-state index contributed by atoms with van der Waals surface area (Å²) in [5, 5.41) is 0. The molecule has 2 heterocycles. The van der Waals surface area contributed by atoms with Gasteiger partial charge in [0.2, 0.25) is 6.23 Å². The zero-order valence-electron chi connectivity index (χ0n) is 8.57. The summed E-state index contributed by atoms with van der Waals surface area (Å²) in [7, 11) is 2.30. The van der Waals surface area contributed by atoms with Crippen LogP contribution in [-0.4, -0.2) is 19.8 Å². The van der Waals surface area contributed by atoms with Crippen LogP contribution < -0.4 is 9.22 Å². The van der Waals surface area contributed by atoms with E-state index in [1.54, 1.807) is 0 Å². The number of quaternary nitrogens is 1. The number of hydrogen-bond acceptors (Lipinski definition) is 1. The van der Waals surface area contributed by atoms with Crippen LogP contribution in [0.2, 0.25) is 0 Å². The van der Waals surface area contributed by atoms with Crippen LogP contribution in [0.4, 0.5) is 5.69 Å². The summed E-state index contributed by atoms with van der Waals surface area (Å²) in [6.07, 6.45) is 4.21. The third-order valence-electron chi connectivity index (χ3n) is 3.64. The second-order valence-corrected chi connectivity index (χ2v) is 4.53. The van der Waals surface area contributed by atoms with Crippen molar-refractivity contribution in [3.8, 4) is 5.75 Å². The van der Waals surface area contributed by atoms with E-state index < -0.39 is 0 Å². The van der Waals surface area contributed by atoms with Crippen LogP contribution >= 0.6 is 0 Å². The average Bonchev–Trinajstić information content (AvgIpc) is 2.51. The first-order valence-electron chi connectivity index (χ1n) is 5.42. The number of benzene rings is 1. The maximum Gasteiger partial charge on any atom is 0.238 e. The molecule has 0 spiro atoms.